The van der Waals surface area contributed by atoms with Crippen molar-refractivity contribution in [1.82, 2.24) is 5.32 Å². The summed E-state index contributed by atoms with van der Waals surface area (Å²) in [5.74, 6) is 2.09. The summed E-state index contributed by atoms with van der Waals surface area (Å²) in [6.45, 7) is 5.48. The Bertz CT molecular complexity index is 122. The number of hydrogen-bond acceptors (Lipinski definition) is 3. The minimum Gasteiger partial charge on any atom is -0.396 e. The fourth-order valence-corrected chi connectivity index (χ4v) is 1.56. The van der Waals surface area contributed by atoms with Crippen molar-refractivity contribution in [2.45, 2.75) is 6.42 Å². The molecule has 0 saturated heterocycles. The molecule has 0 amide bonds. The molecule has 0 spiro atoms. The highest BCUT2D eigenvalue weighted by atomic mass is 35.5. The lowest BCUT2D eigenvalue weighted by Crippen LogP contribution is -2.18. The van der Waals surface area contributed by atoms with Crippen LogP contribution in [0, 0.1) is 0 Å². The molecule has 2 N–H and O–H groups in total. The van der Waals surface area contributed by atoms with Crippen LogP contribution in [0.25, 0.3) is 0 Å². The molecule has 2 nitrogen and oxygen atoms in total. The molecular formula is C8H16ClNOS. The molecule has 0 unspecified atom stereocenters. The van der Waals surface area contributed by atoms with Crippen LogP contribution in [0.5, 0.6) is 0 Å². The minimum absolute atomic E-state index is 0.291. The van der Waals surface area contributed by atoms with Crippen LogP contribution in [0.3, 0.4) is 0 Å². The molecule has 0 heterocycles. The van der Waals surface area contributed by atoms with E-state index in [2.05, 4.69) is 11.9 Å². The highest BCUT2D eigenvalue weighted by Crippen LogP contribution is 2.00. The van der Waals surface area contributed by atoms with Crippen LogP contribution >= 0.6 is 23.4 Å². The summed E-state index contributed by atoms with van der Waals surface area (Å²) in [5, 5.41) is 12.3. The number of hydrogen-bond donors (Lipinski definition) is 2. The van der Waals surface area contributed by atoms with Crippen LogP contribution in [0.2, 0.25) is 0 Å². The van der Waals surface area contributed by atoms with Crippen LogP contribution in [-0.4, -0.2) is 36.3 Å². The second kappa shape index (κ2) is 9.39. The van der Waals surface area contributed by atoms with E-state index in [-0.39, 0.29) is 0 Å². The Hall–Kier alpha value is 0.300. The molecule has 0 aromatic rings. The number of thioether (sulfide) groups is 1. The first-order valence-corrected chi connectivity index (χ1v) is 5.53. The van der Waals surface area contributed by atoms with E-state index in [1.165, 1.54) is 0 Å². The molecule has 72 valence electrons. The van der Waals surface area contributed by atoms with Crippen molar-refractivity contribution in [3.63, 3.8) is 0 Å². The zero-order valence-corrected chi connectivity index (χ0v) is 8.76. The van der Waals surface area contributed by atoms with Crippen molar-refractivity contribution in [3.05, 3.63) is 11.6 Å². The highest BCUT2D eigenvalue weighted by molar-refractivity contribution is 7.99. The maximum atomic E-state index is 8.48. The van der Waals surface area contributed by atoms with Gasteiger partial charge in [-0.2, -0.15) is 11.8 Å². The van der Waals surface area contributed by atoms with Gasteiger partial charge in [-0.1, -0.05) is 18.2 Å². The van der Waals surface area contributed by atoms with Gasteiger partial charge in [0.15, 0.2) is 0 Å². The van der Waals surface area contributed by atoms with Crippen LogP contribution in [0.1, 0.15) is 6.42 Å². The van der Waals surface area contributed by atoms with E-state index >= 15 is 0 Å². The van der Waals surface area contributed by atoms with Gasteiger partial charge >= 0.3 is 0 Å². The molecule has 0 aliphatic heterocycles. The molecule has 4 heteroatoms. The van der Waals surface area contributed by atoms with Gasteiger partial charge in [-0.25, -0.2) is 0 Å². The first kappa shape index (κ1) is 12.3. The van der Waals surface area contributed by atoms with Gasteiger partial charge in [-0.05, 0) is 12.2 Å². The normalized spacial score (nSPS) is 10.2. The number of halogens is 1. The maximum Gasteiger partial charge on any atom is 0.0438 e. The average Bonchev–Trinajstić information content (AvgIpc) is 2.02. The van der Waals surface area contributed by atoms with Crippen molar-refractivity contribution in [2.24, 2.45) is 0 Å². The minimum atomic E-state index is 0.291. The highest BCUT2D eigenvalue weighted by Gasteiger charge is 1.90. The van der Waals surface area contributed by atoms with Crippen molar-refractivity contribution in [2.75, 3.05) is 31.2 Å². The second-order valence-electron chi connectivity index (χ2n) is 2.38. The number of rotatable bonds is 8. The van der Waals surface area contributed by atoms with Gasteiger partial charge in [0.05, 0.1) is 0 Å². The maximum absolute atomic E-state index is 8.48. The zero-order chi connectivity index (χ0) is 9.23. The molecule has 0 atom stereocenters. The second-order valence-corrected chi connectivity index (χ2v) is 4.14. The predicted octanol–water partition coefficient (Wildman–Crippen LogP) is 1.44. The summed E-state index contributed by atoms with van der Waals surface area (Å²) in [4.78, 5) is 0. The molecule has 0 bridgehead atoms. The number of nitrogens with one attached hydrogen (secondary N) is 1. The van der Waals surface area contributed by atoms with E-state index in [0.717, 1.165) is 24.5 Å². The molecule has 0 aliphatic carbocycles. The molecular weight excluding hydrogens is 194 g/mol. The quantitative estimate of drug-likeness (QED) is 0.594. The van der Waals surface area contributed by atoms with Crippen molar-refractivity contribution < 1.29 is 5.11 Å². The van der Waals surface area contributed by atoms with Crippen LogP contribution in [0.4, 0.5) is 0 Å². The first-order chi connectivity index (χ1) is 5.77. The smallest absolute Gasteiger partial charge is 0.0438 e. The summed E-state index contributed by atoms with van der Waals surface area (Å²) in [6.07, 6.45) is 0.882. The Labute approximate surface area is 83.4 Å². The molecule has 0 saturated carbocycles. The zero-order valence-electron chi connectivity index (χ0n) is 7.18. The van der Waals surface area contributed by atoms with E-state index < -0.39 is 0 Å². The SMILES string of the molecule is C=C(Cl)CNCCSCCCO. The van der Waals surface area contributed by atoms with Crippen molar-refractivity contribution >= 4 is 23.4 Å². The summed E-state index contributed by atoms with van der Waals surface area (Å²) in [5.41, 5.74) is 0. The van der Waals surface area contributed by atoms with Gasteiger partial charge in [-0.3, -0.25) is 0 Å². The van der Waals surface area contributed by atoms with Gasteiger partial charge in [0, 0.05) is 30.5 Å². The van der Waals surface area contributed by atoms with Crippen molar-refractivity contribution in [1.29, 1.82) is 0 Å². The molecule has 0 rings (SSSR count). The Morgan fingerprint density at radius 1 is 1.50 bits per heavy atom. The van der Waals surface area contributed by atoms with Crippen LogP contribution in [-0.2, 0) is 0 Å². The summed E-state index contributed by atoms with van der Waals surface area (Å²) < 4.78 is 0. The Morgan fingerprint density at radius 3 is 2.83 bits per heavy atom. The Balaban J connectivity index is 2.86. The fraction of sp³-hybridized carbons (Fsp3) is 0.750. The third-order valence-corrected chi connectivity index (χ3v) is 2.39. The lowest BCUT2D eigenvalue weighted by molar-refractivity contribution is 0.296. The summed E-state index contributed by atoms with van der Waals surface area (Å²) in [6, 6.07) is 0. The van der Waals surface area contributed by atoms with Crippen LogP contribution in [0.15, 0.2) is 11.6 Å². The van der Waals surface area contributed by atoms with Gasteiger partial charge in [-0.15, -0.1) is 0 Å². The Kier molecular flexibility index (Phi) is 9.62. The third-order valence-electron chi connectivity index (χ3n) is 1.19. The van der Waals surface area contributed by atoms with Gasteiger partial charge < -0.3 is 10.4 Å². The van der Waals surface area contributed by atoms with E-state index in [0.29, 0.717) is 18.2 Å². The monoisotopic (exact) mass is 209 g/mol. The lowest BCUT2D eigenvalue weighted by Gasteiger charge is -2.02. The predicted molar refractivity (Wildman–Crippen MR) is 56.9 cm³/mol. The van der Waals surface area contributed by atoms with Crippen LogP contribution < -0.4 is 5.32 Å². The van der Waals surface area contributed by atoms with E-state index in [9.17, 15) is 0 Å². The number of aliphatic hydroxyl groups is 1. The largest absolute Gasteiger partial charge is 0.396 e. The van der Waals surface area contributed by atoms with E-state index in [1.807, 2.05) is 11.8 Å². The molecule has 0 radical (unpaired) electrons. The average molecular weight is 210 g/mol. The molecule has 0 fully saturated rings. The standard InChI is InChI=1S/C8H16ClNOS/c1-8(9)7-10-3-6-12-5-2-4-11/h10-11H,1-7H2. The third kappa shape index (κ3) is 10.3. The summed E-state index contributed by atoms with van der Waals surface area (Å²) in [7, 11) is 0. The molecule has 12 heavy (non-hydrogen) atoms. The molecule has 0 aromatic heterocycles. The van der Waals surface area contributed by atoms with E-state index in [1.54, 1.807) is 0 Å². The lowest BCUT2D eigenvalue weighted by atomic mass is 10.5. The first-order valence-electron chi connectivity index (χ1n) is 4.00. The molecule has 0 aromatic carbocycles. The molecule has 0 aliphatic rings. The van der Waals surface area contributed by atoms with Gasteiger partial charge in [0.1, 0.15) is 0 Å². The topological polar surface area (TPSA) is 32.3 Å². The fourth-order valence-electron chi connectivity index (χ4n) is 0.637. The van der Waals surface area contributed by atoms with Gasteiger partial charge in [0.25, 0.3) is 0 Å². The van der Waals surface area contributed by atoms with E-state index in [4.69, 9.17) is 16.7 Å². The van der Waals surface area contributed by atoms with Crippen molar-refractivity contribution in [3.8, 4) is 0 Å². The van der Waals surface area contributed by atoms with Gasteiger partial charge in [0.2, 0.25) is 0 Å². The number of aliphatic hydroxyl groups excluding tert-OH is 1. The Morgan fingerprint density at radius 2 is 2.25 bits per heavy atom. The summed E-state index contributed by atoms with van der Waals surface area (Å²) >= 11 is 7.38.